The summed E-state index contributed by atoms with van der Waals surface area (Å²) in [7, 11) is 1.62. The SMILES string of the molecule is COc1ccc(OCC(=O)N2CCCN(C3CCN(CC4CC4)C3=O)CC2)cc1. The highest BCUT2D eigenvalue weighted by atomic mass is 16.5. The van der Waals surface area contributed by atoms with E-state index >= 15 is 0 Å². The van der Waals surface area contributed by atoms with Gasteiger partial charge < -0.3 is 19.3 Å². The van der Waals surface area contributed by atoms with Crippen LogP contribution in [0.3, 0.4) is 0 Å². The van der Waals surface area contributed by atoms with Gasteiger partial charge in [-0.25, -0.2) is 0 Å². The molecule has 1 aromatic rings. The van der Waals surface area contributed by atoms with Crippen molar-refractivity contribution in [2.45, 2.75) is 31.7 Å². The van der Waals surface area contributed by atoms with Crippen LogP contribution in [0.1, 0.15) is 25.7 Å². The van der Waals surface area contributed by atoms with Gasteiger partial charge in [-0.3, -0.25) is 14.5 Å². The first-order valence-electron chi connectivity index (χ1n) is 10.7. The zero-order chi connectivity index (χ0) is 20.2. The van der Waals surface area contributed by atoms with Gasteiger partial charge in [0.15, 0.2) is 6.61 Å². The summed E-state index contributed by atoms with van der Waals surface area (Å²) in [5.41, 5.74) is 0. The Morgan fingerprint density at radius 3 is 2.48 bits per heavy atom. The molecule has 2 aliphatic heterocycles. The second kappa shape index (κ2) is 9.03. The van der Waals surface area contributed by atoms with Gasteiger partial charge in [-0.05, 0) is 55.9 Å². The molecule has 4 rings (SSSR count). The van der Waals surface area contributed by atoms with Crippen molar-refractivity contribution in [2.75, 3.05) is 53.0 Å². The van der Waals surface area contributed by atoms with E-state index in [9.17, 15) is 9.59 Å². The van der Waals surface area contributed by atoms with Crippen molar-refractivity contribution in [3.63, 3.8) is 0 Å². The van der Waals surface area contributed by atoms with Crippen molar-refractivity contribution in [3.05, 3.63) is 24.3 Å². The number of carbonyl (C=O) groups excluding carboxylic acids is 2. The maximum atomic E-state index is 12.8. The molecule has 1 aromatic carbocycles. The number of amides is 2. The van der Waals surface area contributed by atoms with Gasteiger partial charge in [-0.2, -0.15) is 0 Å². The van der Waals surface area contributed by atoms with Crippen molar-refractivity contribution in [1.82, 2.24) is 14.7 Å². The van der Waals surface area contributed by atoms with E-state index < -0.39 is 0 Å². The molecule has 3 aliphatic rings. The molecule has 0 aromatic heterocycles. The first-order chi connectivity index (χ1) is 14.1. The highest BCUT2D eigenvalue weighted by molar-refractivity contribution is 5.84. The van der Waals surface area contributed by atoms with Crippen LogP contribution in [0.2, 0.25) is 0 Å². The second-order valence-electron chi connectivity index (χ2n) is 8.27. The van der Waals surface area contributed by atoms with Crippen LogP contribution in [-0.4, -0.2) is 85.5 Å². The normalized spacial score (nSPS) is 23.2. The summed E-state index contributed by atoms with van der Waals surface area (Å²) in [5.74, 6) is 2.44. The van der Waals surface area contributed by atoms with E-state index in [0.717, 1.165) is 50.7 Å². The third kappa shape index (κ3) is 5.01. The Morgan fingerprint density at radius 1 is 1.00 bits per heavy atom. The van der Waals surface area contributed by atoms with Crippen LogP contribution in [0.4, 0.5) is 0 Å². The lowest BCUT2D eigenvalue weighted by molar-refractivity contribution is -0.133. The lowest BCUT2D eigenvalue weighted by Gasteiger charge is -2.26. The standard InChI is InChI=1S/C22H31N3O4/c1-28-18-5-7-19(8-6-18)29-16-21(26)24-11-2-10-23(13-14-24)20-9-12-25(22(20)27)15-17-3-4-17/h5-8,17,20H,2-4,9-16H2,1H3. The highest BCUT2D eigenvalue weighted by Gasteiger charge is 2.38. The molecule has 2 saturated heterocycles. The molecule has 1 atom stereocenters. The molecule has 0 radical (unpaired) electrons. The molecule has 158 valence electrons. The largest absolute Gasteiger partial charge is 0.497 e. The van der Waals surface area contributed by atoms with Crippen LogP contribution in [0.5, 0.6) is 11.5 Å². The summed E-state index contributed by atoms with van der Waals surface area (Å²) >= 11 is 0. The molecule has 2 amide bonds. The van der Waals surface area contributed by atoms with Gasteiger partial charge in [0.1, 0.15) is 11.5 Å². The first-order valence-corrected chi connectivity index (χ1v) is 10.7. The summed E-state index contributed by atoms with van der Waals surface area (Å²) in [4.78, 5) is 31.6. The van der Waals surface area contributed by atoms with Gasteiger partial charge in [0.05, 0.1) is 13.2 Å². The first kappa shape index (κ1) is 20.0. The van der Waals surface area contributed by atoms with Gasteiger partial charge in [0.25, 0.3) is 5.91 Å². The van der Waals surface area contributed by atoms with E-state index in [1.807, 2.05) is 17.0 Å². The molecule has 1 aliphatic carbocycles. The van der Waals surface area contributed by atoms with E-state index in [2.05, 4.69) is 9.80 Å². The van der Waals surface area contributed by atoms with Crippen LogP contribution in [0, 0.1) is 5.92 Å². The Balaban J connectivity index is 1.24. The minimum Gasteiger partial charge on any atom is -0.497 e. The average Bonchev–Trinajstić information content (AvgIpc) is 3.53. The van der Waals surface area contributed by atoms with Crippen molar-refractivity contribution >= 4 is 11.8 Å². The molecule has 29 heavy (non-hydrogen) atoms. The van der Waals surface area contributed by atoms with E-state index in [-0.39, 0.29) is 18.6 Å². The molecule has 3 fully saturated rings. The second-order valence-corrected chi connectivity index (χ2v) is 8.27. The van der Waals surface area contributed by atoms with E-state index in [0.29, 0.717) is 24.7 Å². The van der Waals surface area contributed by atoms with Gasteiger partial charge in [-0.15, -0.1) is 0 Å². The minimum absolute atomic E-state index is 0.000601. The maximum Gasteiger partial charge on any atom is 0.260 e. The Labute approximate surface area is 172 Å². The fraction of sp³-hybridized carbons (Fsp3) is 0.636. The number of hydrogen-bond acceptors (Lipinski definition) is 5. The number of hydrogen-bond donors (Lipinski definition) is 0. The molecule has 1 unspecified atom stereocenters. The predicted octanol–water partition coefficient (Wildman–Crippen LogP) is 1.62. The number of rotatable bonds is 7. The summed E-state index contributed by atoms with van der Waals surface area (Å²) < 4.78 is 10.8. The predicted molar refractivity (Wildman–Crippen MR) is 109 cm³/mol. The molecule has 0 bridgehead atoms. The molecule has 0 N–H and O–H groups in total. The summed E-state index contributed by atoms with van der Waals surface area (Å²) in [5, 5.41) is 0. The topological polar surface area (TPSA) is 62.3 Å². The molecule has 1 saturated carbocycles. The Kier molecular flexibility index (Phi) is 6.23. The molecule has 2 heterocycles. The van der Waals surface area contributed by atoms with Gasteiger partial charge in [0, 0.05) is 39.3 Å². The fourth-order valence-corrected chi connectivity index (χ4v) is 4.26. The monoisotopic (exact) mass is 401 g/mol. The molecular weight excluding hydrogens is 370 g/mol. The fourth-order valence-electron chi connectivity index (χ4n) is 4.26. The third-order valence-corrected chi connectivity index (χ3v) is 6.19. The molecule has 7 nitrogen and oxygen atoms in total. The van der Waals surface area contributed by atoms with Crippen molar-refractivity contribution in [3.8, 4) is 11.5 Å². The van der Waals surface area contributed by atoms with Crippen LogP contribution in [0.15, 0.2) is 24.3 Å². The number of carbonyl (C=O) groups is 2. The number of benzene rings is 1. The third-order valence-electron chi connectivity index (χ3n) is 6.19. The Morgan fingerprint density at radius 2 is 1.76 bits per heavy atom. The molecule has 7 heteroatoms. The van der Waals surface area contributed by atoms with Gasteiger partial charge >= 0.3 is 0 Å². The van der Waals surface area contributed by atoms with Crippen molar-refractivity contribution in [1.29, 1.82) is 0 Å². The quantitative estimate of drug-likeness (QED) is 0.695. The number of ether oxygens (including phenoxy) is 2. The van der Waals surface area contributed by atoms with Crippen LogP contribution < -0.4 is 9.47 Å². The maximum absolute atomic E-state index is 12.8. The number of nitrogens with zero attached hydrogens (tertiary/aromatic N) is 3. The Hall–Kier alpha value is -2.28. The van der Waals surface area contributed by atoms with Gasteiger partial charge in [0.2, 0.25) is 5.91 Å². The minimum atomic E-state index is -0.00391. The number of likely N-dealkylation sites (tertiary alicyclic amines) is 1. The summed E-state index contributed by atoms with van der Waals surface area (Å²) in [6.45, 7) is 4.85. The van der Waals surface area contributed by atoms with Crippen LogP contribution in [-0.2, 0) is 9.59 Å². The lowest BCUT2D eigenvalue weighted by atomic mass is 10.2. The van der Waals surface area contributed by atoms with E-state index in [4.69, 9.17) is 9.47 Å². The summed E-state index contributed by atoms with van der Waals surface area (Å²) in [6.07, 6.45) is 4.35. The molecule has 0 spiro atoms. The van der Waals surface area contributed by atoms with Crippen LogP contribution >= 0.6 is 0 Å². The lowest BCUT2D eigenvalue weighted by Crippen LogP contribution is -2.44. The zero-order valence-corrected chi connectivity index (χ0v) is 17.2. The van der Waals surface area contributed by atoms with E-state index in [1.54, 1.807) is 19.2 Å². The highest BCUT2D eigenvalue weighted by Crippen LogP contribution is 2.31. The average molecular weight is 402 g/mol. The smallest absolute Gasteiger partial charge is 0.260 e. The summed E-state index contributed by atoms with van der Waals surface area (Å²) in [6, 6.07) is 7.23. The zero-order valence-electron chi connectivity index (χ0n) is 17.2. The molecular formula is C22H31N3O4. The van der Waals surface area contributed by atoms with Crippen LogP contribution in [0.25, 0.3) is 0 Å². The number of methoxy groups -OCH3 is 1. The van der Waals surface area contributed by atoms with Gasteiger partial charge in [-0.1, -0.05) is 0 Å². The van der Waals surface area contributed by atoms with E-state index in [1.165, 1.54) is 12.8 Å². The van der Waals surface area contributed by atoms with Crippen molar-refractivity contribution < 1.29 is 19.1 Å². The van der Waals surface area contributed by atoms with Crippen molar-refractivity contribution in [2.24, 2.45) is 5.92 Å². The Bertz CT molecular complexity index is 719.